The van der Waals surface area contributed by atoms with Crippen LogP contribution in [0.4, 0.5) is 5.69 Å². The van der Waals surface area contributed by atoms with E-state index in [-0.39, 0.29) is 18.9 Å². The molecule has 1 fully saturated rings. The minimum atomic E-state index is -0.824. The van der Waals surface area contributed by atoms with Crippen LogP contribution in [-0.2, 0) is 16.0 Å². The second-order valence-corrected chi connectivity index (χ2v) is 4.78. The van der Waals surface area contributed by atoms with Crippen LogP contribution in [0.25, 0.3) is 0 Å². The first-order valence-electron chi connectivity index (χ1n) is 5.86. The summed E-state index contributed by atoms with van der Waals surface area (Å²) in [5, 5.41) is 11.7. The smallest absolute Gasteiger partial charge is 0.311 e. The van der Waals surface area contributed by atoms with Crippen LogP contribution in [0, 0.1) is 5.41 Å². The fraction of sp³-hybridized carbons (Fsp3) is 0.385. The summed E-state index contributed by atoms with van der Waals surface area (Å²) < 4.78 is 0. The number of rotatable bonds is 5. The Balaban J connectivity index is 1.82. The van der Waals surface area contributed by atoms with Crippen LogP contribution in [0.15, 0.2) is 24.3 Å². The van der Waals surface area contributed by atoms with Crippen LogP contribution in [0.5, 0.6) is 0 Å². The second-order valence-electron chi connectivity index (χ2n) is 4.78. The SMILES string of the molecule is Nc1ccc(CC(=O)NCC2(C(=O)O)CC2)cc1. The van der Waals surface area contributed by atoms with E-state index in [1.165, 1.54) is 0 Å². The molecule has 4 N–H and O–H groups in total. The van der Waals surface area contributed by atoms with Gasteiger partial charge in [0.25, 0.3) is 0 Å². The van der Waals surface area contributed by atoms with Crippen LogP contribution < -0.4 is 11.1 Å². The first-order chi connectivity index (χ1) is 8.52. The van der Waals surface area contributed by atoms with Gasteiger partial charge in [-0.3, -0.25) is 9.59 Å². The molecule has 0 spiro atoms. The zero-order chi connectivity index (χ0) is 13.2. The normalized spacial score (nSPS) is 16.0. The Morgan fingerprint density at radius 2 is 1.89 bits per heavy atom. The predicted octanol–water partition coefficient (Wildman–Crippen LogP) is 0.792. The molecular formula is C13H16N2O3. The zero-order valence-corrected chi connectivity index (χ0v) is 9.98. The van der Waals surface area contributed by atoms with E-state index < -0.39 is 11.4 Å². The Bertz CT molecular complexity index is 464. The summed E-state index contributed by atoms with van der Waals surface area (Å²) in [6.07, 6.45) is 1.53. The fourth-order valence-electron chi connectivity index (χ4n) is 1.77. The number of hydrogen-bond donors (Lipinski definition) is 3. The average Bonchev–Trinajstić information content (AvgIpc) is 3.11. The third kappa shape index (κ3) is 2.80. The maximum atomic E-state index is 11.7. The lowest BCUT2D eigenvalue weighted by Crippen LogP contribution is -2.35. The Kier molecular flexibility index (Phi) is 3.23. The summed E-state index contributed by atoms with van der Waals surface area (Å²) in [7, 11) is 0. The number of nitrogens with two attached hydrogens (primary N) is 1. The van der Waals surface area contributed by atoms with Gasteiger partial charge in [0.15, 0.2) is 0 Å². The molecule has 1 aliphatic carbocycles. The number of anilines is 1. The van der Waals surface area contributed by atoms with Gasteiger partial charge in [-0.2, -0.15) is 0 Å². The second kappa shape index (κ2) is 4.68. The molecule has 1 saturated carbocycles. The molecule has 1 aliphatic rings. The molecule has 1 aromatic rings. The van der Waals surface area contributed by atoms with Gasteiger partial charge in [0.1, 0.15) is 0 Å². The van der Waals surface area contributed by atoms with Crippen molar-refractivity contribution in [1.29, 1.82) is 0 Å². The molecule has 0 aromatic heterocycles. The topological polar surface area (TPSA) is 92.4 Å². The largest absolute Gasteiger partial charge is 0.481 e. The Hall–Kier alpha value is -2.04. The molecule has 0 unspecified atom stereocenters. The number of nitrogens with one attached hydrogen (secondary N) is 1. The maximum Gasteiger partial charge on any atom is 0.311 e. The number of amides is 1. The van der Waals surface area contributed by atoms with Crippen molar-refractivity contribution >= 4 is 17.6 Å². The number of aliphatic carboxylic acids is 1. The lowest BCUT2D eigenvalue weighted by atomic mass is 10.1. The van der Waals surface area contributed by atoms with E-state index in [1.54, 1.807) is 24.3 Å². The quantitative estimate of drug-likeness (QED) is 0.672. The monoisotopic (exact) mass is 248 g/mol. The van der Waals surface area contributed by atoms with Crippen LogP contribution in [0.1, 0.15) is 18.4 Å². The number of carbonyl (C=O) groups is 2. The molecule has 1 aromatic carbocycles. The van der Waals surface area contributed by atoms with Gasteiger partial charge in [-0.05, 0) is 30.5 Å². The molecule has 5 heteroatoms. The van der Waals surface area contributed by atoms with Crippen LogP contribution in [0.3, 0.4) is 0 Å². The van der Waals surface area contributed by atoms with Crippen molar-refractivity contribution in [2.24, 2.45) is 5.41 Å². The molecule has 2 rings (SSSR count). The molecule has 0 atom stereocenters. The highest BCUT2D eigenvalue weighted by Crippen LogP contribution is 2.45. The molecule has 1 amide bonds. The third-order valence-electron chi connectivity index (χ3n) is 3.28. The van der Waals surface area contributed by atoms with Gasteiger partial charge < -0.3 is 16.2 Å². The molecule has 5 nitrogen and oxygen atoms in total. The summed E-state index contributed by atoms with van der Waals surface area (Å²) in [6, 6.07) is 7.06. The summed E-state index contributed by atoms with van der Waals surface area (Å²) in [5.74, 6) is -0.984. The summed E-state index contributed by atoms with van der Waals surface area (Å²) >= 11 is 0. The van der Waals surface area contributed by atoms with Crippen LogP contribution >= 0.6 is 0 Å². The lowest BCUT2D eigenvalue weighted by molar-refractivity contribution is -0.143. The van der Waals surface area contributed by atoms with Gasteiger partial charge in [-0.1, -0.05) is 12.1 Å². The number of carboxylic acid groups (broad SMARTS) is 1. The Morgan fingerprint density at radius 3 is 2.39 bits per heavy atom. The Morgan fingerprint density at radius 1 is 1.28 bits per heavy atom. The van der Waals surface area contributed by atoms with Crippen LogP contribution in [-0.4, -0.2) is 23.5 Å². The standard InChI is InChI=1S/C13H16N2O3/c14-10-3-1-9(2-4-10)7-11(16)15-8-13(5-6-13)12(17)18/h1-4H,5-8,14H2,(H,15,16)(H,17,18). The van der Waals surface area contributed by atoms with E-state index in [0.717, 1.165) is 5.56 Å². The Labute approximate surface area is 105 Å². The van der Waals surface area contributed by atoms with Crippen molar-refractivity contribution in [3.05, 3.63) is 29.8 Å². The number of hydrogen-bond acceptors (Lipinski definition) is 3. The summed E-state index contributed by atoms with van der Waals surface area (Å²) in [5.41, 5.74) is 6.35. The van der Waals surface area contributed by atoms with Gasteiger partial charge in [-0.15, -0.1) is 0 Å². The fourth-order valence-corrected chi connectivity index (χ4v) is 1.77. The molecule has 0 aliphatic heterocycles. The average molecular weight is 248 g/mol. The van der Waals surface area contributed by atoms with Gasteiger partial charge in [0.2, 0.25) is 5.91 Å². The molecule has 18 heavy (non-hydrogen) atoms. The minimum Gasteiger partial charge on any atom is -0.481 e. The highest BCUT2D eigenvalue weighted by molar-refractivity contribution is 5.82. The first-order valence-corrected chi connectivity index (χ1v) is 5.86. The zero-order valence-electron chi connectivity index (χ0n) is 9.98. The lowest BCUT2D eigenvalue weighted by Gasteiger charge is -2.11. The van der Waals surface area contributed by atoms with Crippen molar-refractivity contribution in [3.63, 3.8) is 0 Å². The number of carbonyl (C=O) groups excluding carboxylic acids is 1. The summed E-state index contributed by atoms with van der Waals surface area (Å²) in [4.78, 5) is 22.6. The van der Waals surface area contributed by atoms with E-state index in [4.69, 9.17) is 10.8 Å². The molecule has 0 saturated heterocycles. The van der Waals surface area contributed by atoms with Crippen molar-refractivity contribution in [3.8, 4) is 0 Å². The van der Waals surface area contributed by atoms with E-state index in [1.807, 2.05) is 0 Å². The molecule has 96 valence electrons. The number of carboxylic acids is 1. The molecule has 0 heterocycles. The third-order valence-corrected chi connectivity index (χ3v) is 3.28. The van der Waals surface area contributed by atoms with E-state index in [2.05, 4.69) is 5.32 Å². The van der Waals surface area contributed by atoms with Crippen molar-refractivity contribution in [2.45, 2.75) is 19.3 Å². The van der Waals surface area contributed by atoms with Crippen molar-refractivity contribution < 1.29 is 14.7 Å². The van der Waals surface area contributed by atoms with E-state index in [0.29, 0.717) is 18.5 Å². The van der Waals surface area contributed by atoms with Crippen molar-refractivity contribution in [1.82, 2.24) is 5.32 Å². The van der Waals surface area contributed by atoms with Gasteiger partial charge in [0, 0.05) is 12.2 Å². The highest BCUT2D eigenvalue weighted by atomic mass is 16.4. The maximum absolute atomic E-state index is 11.7. The first kappa shape index (κ1) is 12.4. The van der Waals surface area contributed by atoms with Gasteiger partial charge >= 0.3 is 5.97 Å². The molecule has 0 bridgehead atoms. The van der Waals surface area contributed by atoms with E-state index >= 15 is 0 Å². The number of nitrogen functional groups attached to an aromatic ring is 1. The van der Waals surface area contributed by atoms with E-state index in [9.17, 15) is 9.59 Å². The van der Waals surface area contributed by atoms with Gasteiger partial charge in [0.05, 0.1) is 11.8 Å². The molecule has 0 radical (unpaired) electrons. The predicted molar refractivity (Wildman–Crippen MR) is 66.9 cm³/mol. The van der Waals surface area contributed by atoms with Crippen LogP contribution in [0.2, 0.25) is 0 Å². The molecular weight excluding hydrogens is 232 g/mol. The van der Waals surface area contributed by atoms with Gasteiger partial charge in [-0.25, -0.2) is 0 Å². The summed E-state index contributed by atoms with van der Waals surface area (Å²) in [6.45, 7) is 0.218. The van der Waals surface area contributed by atoms with Crippen molar-refractivity contribution in [2.75, 3.05) is 12.3 Å². The number of benzene rings is 1. The minimum absolute atomic E-state index is 0.160. The highest BCUT2D eigenvalue weighted by Gasteiger charge is 2.50.